The first-order chi connectivity index (χ1) is 5.81. The Morgan fingerprint density at radius 1 is 1.17 bits per heavy atom. The lowest BCUT2D eigenvalue weighted by Crippen LogP contribution is -2.10. The summed E-state index contributed by atoms with van der Waals surface area (Å²) < 4.78 is 0. The topological polar surface area (TPSA) is 32.3 Å². The summed E-state index contributed by atoms with van der Waals surface area (Å²) in [7, 11) is 1.97. The molecule has 2 nitrogen and oxygen atoms in total. The molecule has 74 valence electrons. The zero-order valence-electron chi connectivity index (χ0n) is 8.47. The SMILES string of the molecule is CCCCC(O)CCCCNC. The third-order valence-electron chi connectivity index (χ3n) is 2.11. The zero-order chi connectivity index (χ0) is 9.23. The number of aliphatic hydroxyl groups excluding tert-OH is 1. The Kier molecular flexibility index (Phi) is 8.95. The second kappa shape index (κ2) is 9.01. The molecule has 0 saturated carbocycles. The van der Waals surface area contributed by atoms with Gasteiger partial charge in [-0.1, -0.05) is 19.8 Å². The van der Waals surface area contributed by atoms with E-state index in [0.717, 1.165) is 32.2 Å². The summed E-state index contributed by atoms with van der Waals surface area (Å²) in [5, 5.41) is 12.6. The van der Waals surface area contributed by atoms with Gasteiger partial charge >= 0.3 is 0 Å². The van der Waals surface area contributed by atoms with Crippen LogP contribution in [-0.2, 0) is 0 Å². The van der Waals surface area contributed by atoms with Crippen LogP contribution in [0.2, 0.25) is 0 Å². The molecule has 0 rings (SSSR count). The average molecular weight is 173 g/mol. The fraction of sp³-hybridized carbons (Fsp3) is 1.00. The van der Waals surface area contributed by atoms with Crippen molar-refractivity contribution in [2.24, 2.45) is 0 Å². The summed E-state index contributed by atoms with van der Waals surface area (Å²) in [6.45, 7) is 3.23. The number of hydrogen-bond acceptors (Lipinski definition) is 2. The maximum Gasteiger partial charge on any atom is 0.0540 e. The van der Waals surface area contributed by atoms with Gasteiger partial charge in [0, 0.05) is 0 Å². The number of rotatable bonds is 8. The van der Waals surface area contributed by atoms with Gasteiger partial charge in [-0.25, -0.2) is 0 Å². The van der Waals surface area contributed by atoms with Crippen LogP contribution in [0.4, 0.5) is 0 Å². The molecule has 0 spiro atoms. The highest BCUT2D eigenvalue weighted by Crippen LogP contribution is 2.07. The van der Waals surface area contributed by atoms with Gasteiger partial charge in [0.15, 0.2) is 0 Å². The van der Waals surface area contributed by atoms with Crippen molar-refractivity contribution in [1.29, 1.82) is 0 Å². The molecule has 0 amide bonds. The second-order valence-electron chi connectivity index (χ2n) is 3.40. The highest BCUT2D eigenvalue weighted by Gasteiger charge is 2.01. The lowest BCUT2D eigenvalue weighted by atomic mass is 10.1. The van der Waals surface area contributed by atoms with Crippen LogP contribution < -0.4 is 5.32 Å². The van der Waals surface area contributed by atoms with Gasteiger partial charge in [0.05, 0.1) is 6.10 Å². The average Bonchev–Trinajstić information content (AvgIpc) is 2.09. The normalized spacial score (nSPS) is 13.2. The van der Waals surface area contributed by atoms with E-state index in [1.165, 1.54) is 12.8 Å². The van der Waals surface area contributed by atoms with Gasteiger partial charge in [-0.15, -0.1) is 0 Å². The van der Waals surface area contributed by atoms with Crippen molar-refractivity contribution in [1.82, 2.24) is 5.32 Å². The molecule has 0 aromatic rings. The van der Waals surface area contributed by atoms with Gasteiger partial charge in [-0.3, -0.25) is 0 Å². The number of nitrogens with one attached hydrogen (secondary N) is 1. The van der Waals surface area contributed by atoms with Gasteiger partial charge in [-0.2, -0.15) is 0 Å². The van der Waals surface area contributed by atoms with Crippen molar-refractivity contribution in [3.8, 4) is 0 Å². The van der Waals surface area contributed by atoms with Crippen LogP contribution in [0.15, 0.2) is 0 Å². The largest absolute Gasteiger partial charge is 0.393 e. The first kappa shape index (κ1) is 11.9. The molecule has 12 heavy (non-hydrogen) atoms. The van der Waals surface area contributed by atoms with E-state index < -0.39 is 0 Å². The van der Waals surface area contributed by atoms with Crippen molar-refractivity contribution < 1.29 is 5.11 Å². The first-order valence-electron chi connectivity index (χ1n) is 5.14. The van der Waals surface area contributed by atoms with Gasteiger partial charge in [0.25, 0.3) is 0 Å². The molecular weight excluding hydrogens is 150 g/mol. The number of aliphatic hydroxyl groups is 1. The van der Waals surface area contributed by atoms with Crippen molar-refractivity contribution in [2.45, 2.75) is 51.6 Å². The van der Waals surface area contributed by atoms with Crippen LogP contribution in [0.1, 0.15) is 45.4 Å². The monoisotopic (exact) mass is 173 g/mol. The smallest absolute Gasteiger partial charge is 0.0540 e. The lowest BCUT2D eigenvalue weighted by molar-refractivity contribution is 0.148. The molecule has 0 saturated heterocycles. The van der Waals surface area contributed by atoms with Crippen molar-refractivity contribution >= 4 is 0 Å². The molecule has 2 heteroatoms. The number of unbranched alkanes of at least 4 members (excludes halogenated alkanes) is 2. The molecule has 0 bridgehead atoms. The third-order valence-corrected chi connectivity index (χ3v) is 2.11. The van der Waals surface area contributed by atoms with E-state index in [1.807, 2.05) is 7.05 Å². The minimum absolute atomic E-state index is 0.0539. The molecule has 2 N–H and O–H groups in total. The van der Waals surface area contributed by atoms with Crippen LogP contribution in [0, 0.1) is 0 Å². The number of hydrogen-bond donors (Lipinski definition) is 2. The fourth-order valence-electron chi connectivity index (χ4n) is 1.27. The molecule has 1 unspecified atom stereocenters. The Bertz CT molecular complexity index is 85.9. The van der Waals surface area contributed by atoms with Gasteiger partial charge in [0.1, 0.15) is 0 Å². The molecule has 0 aliphatic rings. The molecule has 1 atom stereocenters. The lowest BCUT2D eigenvalue weighted by Gasteiger charge is -2.08. The van der Waals surface area contributed by atoms with Gasteiger partial charge < -0.3 is 10.4 Å². The summed E-state index contributed by atoms with van der Waals surface area (Å²) in [4.78, 5) is 0. The summed E-state index contributed by atoms with van der Waals surface area (Å²) in [6.07, 6.45) is 6.57. The van der Waals surface area contributed by atoms with Crippen LogP contribution in [0.3, 0.4) is 0 Å². The maximum atomic E-state index is 9.46. The Balaban J connectivity index is 3.02. The van der Waals surface area contributed by atoms with E-state index in [9.17, 15) is 5.11 Å². The summed E-state index contributed by atoms with van der Waals surface area (Å²) in [6, 6.07) is 0. The quantitative estimate of drug-likeness (QED) is 0.550. The highest BCUT2D eigenvalue weighted by atomic mass is 16.3. The van der Waals surface area contributed by atoms with E-state index in [0.29, 0.717) is 0 Å². The van der Waals surface area contributed by atoms with Crippen molar-refractivity contribution in [3.05, 3.63) is 0 Å². The highest BCUT2D eigenvalue weighted by molar-refractivity contribution is 4.56. The Labute approximate surface area is 76.4 Å². The molecule has 0 radical (unpaired) electrons. The van der Waals surface area contributed by atoms with E-state index in [4.69, 9.17) is 0 Å². The van der Waals surface area contributed by atoms with Crippen LogP contribution >= 0.6 is 0 Å². The van der Waals surface area contributed by atoms with Gasteiger partial charge in [-0.05, 0) is 39.3 Å². The Morgan fingerprint density at radius 2 is 1.83 bits per heavy atom. The molecule has 0 fully saturated rings. The van der Waals surface area contributed by atoms with E-state index in [-0.39, 0.29) is 6.10 Å². The molecule has 0 aromatic carbocycles. The zero-order valence-corrected chi connectivity index (χ0v) is 8.47. The predicted molar refractivity (Wildman–Crippen MR) is 53.3 cm³/mol. The van der Waals surface area contributed by atoms with E-state index in [2.05, 4.69) is 12.2 Å². The Morgan fingerprint density at radius 3 is 2.42 bits per heavy atom. The minimum atomic E-state index is -0.0539. The Hall–Kier alpha value is -0.0800. The fourth-order valence-corrected chi connectivity index (χ4v) is 1.27. The molecule has 0 aliphatic carbocycles. The standard InChI is InChI=1S/C10H23NO/c1-3-4-7-10(12)8-5-6-9-11-2/h10-12H,3-9H2,1-2H3. The summed E-state index contributed by atoms with van der Waals surface area (Å²) in [5.74, 6) is 0. The van der Waals surface area contributed by atoms with Gasteiger partial charge in [0.2, 0.25) is 0 Å². The molecule has 0 heterocycles. The molecular formula is C10H23NO. The molecule has 0 aromatic heterocycles. The maximum absolute atomic E-state index is 9.46. The van der Waals surface area contributed by atoms with E-state index in [1.54, 1.807) is 0 Å². The molecule has 0 aliphatic heterocycles. The second-order valence-corrected chi connectivity index (χ2v) is 3.40. The van der Waals surface area contributed by atoms with Crippen molar-refractivity contribution in [2.75, 3.05) is 13.6 Å². The van der Waals surface area contributed by atoms with Crippen LogP contribution in [0.25, 0.3) is 0 Å². The summed E-state index contributed by atoms with van der Waals surface area (Å²) in [5.41, 5.74) is 0. The third kappa shape index (κ3) is 8.02. The first-order valence-corrected chi connectivity index (χ1v) is 5.14. The predicted octanol–water partition coefficient (Wildman–Crippen LogP) is 1.93. The summed E-state index contributed by atoms with van der Waals surface area (Å²) >= 11 is 0. The van der Waals surface area contributed by atoms with Crippen LogP contribution in [0.5, 0.6) is 0 Å². The van der Waals surface area contributed by atoms with E-state index >= 15 is 0 Å². The van der Waals surface area contributed by atoms with Crippen molar-refractivity contribution in [3.63, 3.8) is 0 Å². The van der Waals surface area contributed by atoms with Crippen LogP contribution in [-0.4, -0.2) is 24.8 Å². The minimum Gasteiger partial charge on any atom is -0.393 e.